The first-order valence-corrected chi connectivity index (χ1v) is 7.47. The number of carbonyl (C=O) groups is 1. The number of hydrazone groups is 1. The van der Waals surface area contributed by atoms with Crippen molar-refractivity contribution in [2.24, 2.45) is 5.10 Å². The summed E-state index contributed by atoms with van der Waals surface area (Å²) in [4.78, 5) is 24.0. The molecule has 10 nitrogen and oxygen atoms in total. The standard InChI is InChI=1S/C15H17N5O5/c1-3-25-15-18(8-9-24-2)14(21)13(10-16)17-19(15)11-4-6-12(7-5-11)20(22)23/h4-7,15H,3,8-9H2,1-2H3. The van der Waals surface area contributed by atoms with Crippen molar-refractivity contribution in [3.63, 3.8) is 0 Å². The van der Waals surface area contributed by atoms with Crippen LogP contribution in [0.1, 0.15) is 6.92 Å². The number of methoxy groups -OCH3 is 1. The SMILES string of the molecule is CCOC1N(CCOC)C(=O)C(C#N)=NN1c1ccc([N+](=O)[O-])cc1. The molecule has 1 aliphatic heterocycles. The predicted octanol–water partition coefficient (Wildman–Crippen LogP) is 1.09. The second kappa shape index (κ2) is 8.18. The molecule has 1 unspecified atom stereocenters. The lowest BCUT2D eigenvalue weighted by molar-refractivity contribution is -0.384. The van der Waals surface area contributed by atoms with Gasteiger partial charge in [-0.2, -0.15) is 10.4 Å². The Balaban J connectivity index is 2.43. The number of hydrogen-bond donors (Lipinski definition) is 0. The van der Waals surface area contributed by atoms with Gasteiger partial charge >= 0.3 is 0 Å². The Kier molecular flexibility index (Phi) is 5.99. The number of nitro benzene ring substituents is 1. The van der Waals surface area contributed by atoms with Crippen molar-refractivity contribution in [1.82, 2.24) is 4.90 Å². The topological polar surface area (TPSA) is 121 Å². The molecule has 1 amide bonds. The van der Waals surface area contributed by atoms with Crippen LogP contribution in [0.15, 0.2) is 29.4 Å². The van der Waals surface area contributed by atoms with E-state index in [0.29, 0.717) is 12.3 Å². The van der Waals surface area contributed by atoms with Gasteiger partial charge in [0.15, 0.2) is 0 Å². The third-order valence-electron chi connectivity index (χ3n) is 3.43. The number of non-ortho nitro benzene ring substituents is 1. The molecule has 0 radical (unpaired) electrons. The second-order valence-corrected chi connectivity index (χ2v) is 4.95. The van der Waals surface area contributed by atoms with Crippen molar-refractivity contribution in [3.8, 4) is 6.07 Å². The first-order valence-electron chi connectivity index (χ1n) is 7.47. The van der Waals surface area contributed by atoms with E-state index in [1.807, 2.05) is 0 Å². The molecule has 0 bridgehead atoms. The Morgan fingerprint density at radius 3 is 2.60 bits per heavy atom. The van der Waals surface area contributed by atoms with E-state index in [1.165, 1.54) is 41.3 Å². The van der Waals surface area contributed by atoms with E-state index in [1.54, 1.807) is 13.0 Å². The monoisotopic (exact) mass is 347 g/mol. The summed E-state index contributed by atoms with van der Waals surface area (Å²) in [5, 5.41) is 25.4. The first kappa shape index (κ1) is 18.3. The van der Waals surface area contributed by atoms with Crippen LogP contribution >= 0.6 is 0 Å². The fourth-order valence-corrected chi connectivity index (χ4v) is 2.26. The number of benzene rings is 1. The molecular weight excluding hydrogens is 330 g/mol. The van der Waals surface area contributed by atoms with E-state index < -0.39 is 17.2 Å². The molecule has 132 valence electrons. The highest BCUT2D eigenvalue weighted by atomic mass is 16.6. The van der Waals surface area contributed by atoms with Crippen LogP contribution in [0, 0.1) is 21.4 Å². The van der Waals surface area contributed by atoms with E-state index in [-0.39, 0.29) is 24.6 Å². The number of amides is 1. The number of ether oxygens (including phenoxy) is 2. The fraction of sp³-hybridized carbons (Fsp3) is 0.400. The van der Waals surface area contributed by atoms with E-state index in [4.69, 9.17) is 9.47 Å². The summed E-state index contributed by atoms with van der Waals surface area (Å²) in [6.07, 6.45) is -0.883. The minimum absolute atomic E-state index is 0.0782. The van der Waals surface area contributed by atoms with Crippen LogP contribution in [-0.2, 0) is 14.3 Å². The van der Waals surface area contributed by atoms with Crippen LogP contribution < -0.4 is 5.01 Å². The Morgan fingerprint density at radius 2 is 2.08 bits per heavy atom. The zero-order valence-electron chi connectivity index (χ0n) is 13.8. The van der Waals surface area contributed by atoms with E-state index in [2.05, 4.69) is 5.10 Å². The van der Waals surface area contributed by atoms with Gasteiger partial charge in [-0.15, -0.1) is 0 Å². The van der Waals surface area contributed by atoms with Gasteiger partial charge in [-0.3, -0.25) is 19.8 Å². The fourth-order valence-electron chi connectivity index (χ4n) is 2.26. The Labute approximate surface area is 144 Å². The summed E-state index contributed by atoms with van der Waals surface area (Å²) < 4.78 is 10.6. The van der Waals surface area contributed by atoms with Crippen molar-refractivity contribution in [3.05, 3.63) is 34.4 Å². The van der Waals surface area contributed by atoms with Crippen LogP contribution in [0.3, 0.4) is 0 Å². The minimum atomic E-state index is -0.883. The van der Waals surface area contributed by atoms with Crippen LogP contribution in [-0.4, -0.2) is 54.7 Å². The highest BCUT2D eigenvalue weighted by Gasteiger charge is 2.37. The van der Waals surface area contributed by atoms with Gasteiger partial charge in [0.25, 0.3) is 11.6 Å². The summed E-state index contributed by atoms with van der Waals surface area (Å²) in [5.74, 6) is -0.559. The second-order valence-electron chi connectivity index (χ2n) is 4.95. The van der Waals surface area contributed by atoms with Gasteiger partial charge < -0.3 is 9.47 Å². The summed E-state index contributed by atoms with van der Waals surface area (Å²) >= 11 is 0. The van der Waals surface area contributed by atoms with Gasteiger partial charge in [-0.05, 0) is 19.1 Å². The number of hydrogen-bond acceptors (Lipinski definition) is 8. The molecule has 0 saturated carbocycles. The number of nitriles is 1. The van der Waals surface area contributed by atoms with Gasteiger partial charge in [0.05, 0.1) is 17.2 Å². The maximum absolute atomic E-state index is 12.4. The molecule has 0 spiro atoms. The Morgan fingerprint density at radius 1 is 1.40 bits per heavy atom. The molecule has 1 aromatic rings. The van der Waals surface area contributed by atoms with Gasteiger partial charge in [-0.1, -0.05) is 0 Å². The van der Waals surface area contributed by atoms with E-state index in [9.17, 15) is 20.2 Å². The smallest absolute Gasteiger partial charge is 0.288 e. The van der Waals surface area contributed by atoms with Gasteiger partial charge in [-0.25, -0.2) is 5.01 Å². The molecule has 1 aliphatic rings. The third-order valence-corrected chi connectivity index (χ3v) is 3.43. The van der Waals surface area contributed by atoms with Crippen LogP contribution in [0.25, 0.3) is 0 Å². The van der Waals surface area contributed by atoms with Crippen LogP contribution in [0.4, 0.5) is 11.4 Å². The average molecular weight is 347 g/mol. The third kappa shape index (κ3) is 3.90. The molecule has 10 heteroatoms. The van der Waals surface area contributed by atoms with Crippen LogP contribution in [0.5, 0.6) is 0 Å². The van der Waals surface area contributed by atoms with E-state index in [0.717, 1.165) is 0 Å². The minimum Gasteiger partial charge on any atom is -0.383 e. The van der Waals surface area contributed by atoms with Crippen molar-refractivity contribution < 1.29 is 19.2 Å². The van der Waals surface area contributed by atoms with Crippen molar-refractivity contribution in [1.29, 1.82) is 5.26 Å². The van der Waals surface area contributed by atoms with Crippen molar-refractivity contribution in [2.75, 3.05) is 31.9 Å². The molecule has 25 heavy (non-hydrogen) atoms. The zero-order valence-corrected chi connectivity index (χ0v) is 13.8. The number of rotatable bonds is 7. The summed E-state index contributed by atoms with van der Waals surface area (Å²) in [5.41, 5.74) is 0.0719. The number of nitro groups is 1. The van der Waals surface area contributed by atoms with Crippen molar-refractivity contribution >= 4 is 23.0 Å². The number of nitrogens with zero attached hydrogens (tertiary/aromatic N) is 5. The normalized spacial score (nSPS) is 17.2. The van der Waals surface area contributed by atoms with E-state index >= 15 is 0 Å². The molecule has 0 aromatic heterocycles. The quantitative estimate of drug-likeness (QED) is 0.534. The zero-order chi connectivity index (χ0) is 18.4. The molecule has 0 aliphatic carbocycles. The first-order chi connectivity index (χ1) is 12.0. The molecule has 0 fully saturated rings. The molecule has 2 rings (SSSR count). The van der Waals surface area contributed by atoms with Crippen LogP contribution in [0.2, 0.25) is 0 Å². The highest BCUT2D eigenvalue weighted by molar-refractivity contribution is 6.45. The molecule has 1 heterocycles. The summed E-state index contributed by atoms with van der Waals surface area (Å²) in [7, 11) is 1.50. The number of anilines is 1. The predicted molar refractivity (Wildman–Crippen MR) is 87.6 cm³/mol. The van der Waals surface area contributed by atoms with Gasteiger partial charge in [0.2, 0.25) is 12.1 Å². The van der Waals surface area contributed by atoms with Gasteiger partial charge in [0, 0.05) is 32.4 Å². The summed E-state index contributed by atoms with van der Waals surface area (Å²) in [6.45, 7) is 2.51. The lowest BCUT2D eigenvalue weighted by Crippen LogP contribution is -2.57. The largest absolute Gasteiger partial charge is 0.383 e. The lowest BCUT2D eigenvalue weighted by atomic mass is 10.2. The average Bonchev–Trinajstić information content (AvgIpc) is 2.62. The molecule has 0 saturated heterocycles. The molecule has 0 N–H and O–H groups in total. The Hall–Kier alpha value is -3.03. The maximum atomic E-state index is 12.4. The molecule has 1 atom stereocenters. The Bertz CT molecular complexity index is 712. The molecule has 1 aromatic carbocycles. The van der Waals surface area contributed by atoms with Crippen molar-refractivity contribution in [2.45, 2.75) is 13.3 Å². The lowest BCUT2D eigenvalue weighted by Gasteiger charge is -2.39. The maximum Gasteiger partial charge on any atom is 0.288 e. The number of carbonyl (C=O) groups excluding carboxylic acids is 1. The molecular formula is C15H17N5O5. The highest BCUT2D eigenvalue weighted by Crippen LogP contribution is 2.26. The summed E-state index contributed by atoms with van der Waals surface area (Å²) in [6, 6.07) is 7.35. The van der Waals surface area contributed by atoms with Gasteiger partial charge in [0.1, 0.15) is 6.07 Å².